The summed E-state index contributed by atoms with van der Waals surface area (Å²) in [5.41, 5.74) is 0.681. The summed E-state index contributed by atoms with van der Waals surface area (Å²) in [4.78, 5) is 11.9. The molecule has 2 aromatic rings. The Balaban J connectivity index is 2.27. The van der Waals surface area contributed by atoms with Gasteiger partial charge in [-0.3, -0.25) is 4.79 Å². The highest BCUT2D eigenvalue weighted by Crippen LogP contribution is 2.36. The maximum atomic E-state index is 13.1. The van der Waals surface area contributed by atoms with Crippen LogP contribution in [0.15, 0.2) is 53.4 Å². The first-order chi connectivity index (χ1) is 9.08. The fraction of sp³-hybridized carbons (Fsp3) is 0.0714. The molecule has 0 saturated carbocycles. The van der Waals surface area contributed by atoms with Crippen LogP contribution in [0.2, 0.25) is 5.02 Å². The van der Waals surface area contributed by atoms with Gasteiger partial charge in [0.2, 0.25) is 0 Å². The van der Waals surface area contributed by atoms with Gasteiger partial charge in [-0.1, -0.05) is 41.9 Å². The molecule has 0 unspecified atom stereocenters. The molecule has 5 heteroatoms. The lowest BCUT2D eigenvalue weighted by Crippen LogP contribution is -2.07. The molecular weight excluding hydrogens is 287 g/mol. The number of thioether (sulfide) groups is 1. The van der Waals surface area contributed by atoms with E-state index in [1.54, 1.807) is 24.3 Å². The van der Waals surface area contributed by atoms with Crippen LogP contribution in [0, 0.1) is 5.82 Å². The van der Waals surface area contributed by atoms with E-state index in [4.69, 9.17) is 11.6 Å². The zero-order chi connectivity index (χ0) is 13.8. The highest BCUT2D eigenvalue weighted by atomic mass is 35.5. The second-order valence-electron chi connectivity index (χ2n) is 3.82. The van der Waals surface area contributed by atoms with Crippen molar-refractivity contribution in [3.05, 3.63) is 64.9 Å². The number of aliphatic carboxylic acids is 1. The Kier molecular flexibility index (Phi) is 4.45. The summed E-state index contributed by atoms with van der Waals surface area (Å²) in [6.07, 6.45) is 0. The summed E-state index contributed by atoms with van der Waals surface area (Å²) in [7, 11) is 0. The lowest BCUT2D eigenvalue weighted by atomic mass is 10.1. The van der Waals surface area contributed by atoms with E-state index in [-0.39, 0.29) is 5.02 Å². The molecule has 0 spiro atoms. The van der Waals surface area contributed by atoms with Crippen LogP contribution in [-0.4, -0.2) is 11.1 Å². The number of carbonyl (C=O) groups is 1. The summed E-state index contributed by atoms with van der Waals surface area (Å²) in [6.45, 7) is 0. The van der Waals surface area contributed by atoms with Crippen molar-refractivity contribution in [3.8, 4) is 0 Å². The number of halogens is 2. The van der Waals surface area contributed by atoms with Crippen LogP contribution >= 0.6 is 23.4 Å². The molecule has 0 aromatic heterocycles. The molecule has 0 heterocycles. The monoisotopic (exact) mass is 296 g/mol. The lowest BCUT2D eigenvalue weighted by Gasteiger charge is -2.12. The van der Waals surface area contributed by atoms with Crippen LogP contribution < -0.4 is 0 Å². The van der Waals surface area contributed by atoms with Crippen molar-refractivity contribution in [1.29, 1.82) is 0 Å². The first-order valence-corrected chi connectivity index (χ1v) is 6.73. The molecule has 98 valence electrons. The molecule has 0 amide bonds. The number of carboxylic acid groups (broad SMARTS) is 1. The standard InChI is InChI=1S/C14H10ClFO2S/c15-11-8-10(6-7-12(11)16)19-13(14(17)18)9-4-2-1-3-5-9/h1-8,13H,(H,17,18)/t13-/m1/s1. The van der Waals surface area contributed by atoms with E-state index in [2.05, 4.69) is 0 Å². The van der Waals surface area contributed by atoms with E-state index < -0.39 is 17.0 Å². The average Bonchev–Trinajstić information content (AvgIpc) is 2.40. The summed E-state index contributed by atoms with van der Waals surface area (Å²) in [5.74, 6) is -1.46. The van der Waals surface area contributed by atoms with Crippen molar-refractivity contribution in [2.24, 2.45) is 0 Å². The van der Waals surface area contributed by atoms with E-state index in [0.717, 1.165) is 11.8 Å². The number of hydrogen-bond acceptors (Lipinski definition) is 2. The van der Waals surface area contributed by atoms with Gasteiger partial charge >= 0.3 is 5.97 Å². The van der Waals surface area contributed by atoms with Gasteiger partial charge in [-0.25, -0.2) is 4.39 Å². The Bertz CT molecular complexity index is 589. The number of benzene rings is 2. The van der Waals surface area contributed by atoms with Gasteiger partial charge in [-0.05, 0) is 23.8 Å². The van der Waals surface area contributed by atoms with Gasteiger partial charge in [-0.2, -0.15) is 0 Å². The lowest BCUT2D eigenvalue weighted by molar-refractivity contribution is -0.136. The molecule has 0 aliphatic heterocycles. The van der Waals surface area contributed by atoms with Crippen molar-refractivity contribution in [2.75, 3.05) is 0 Å². The highest BCUT2D eigenvalue weighted by Gasteiger charge is 2.21. The van der Waals surface area contributed by atoms with Gasteiger partial charge in [-0.15, -0.1) is 11.8 Å². The summed E-state index contributed by atoms with van der Waals surface area (Å²) in [6, 6.07) is 13.1. The third kappa shape index (κ3) is 3.49. The molecule has 1 N–H and O–H groups in total. The minimum atomic E-state index is -0.948. The Labute approximate surface area is 119 Å². The Morgan fingerprint density at radius 3 is 2.47 bits per heavy atom. The molecule has 1 atom stereocenters. The van der Waals surface area contributed by atoms with Crippen molar-refractivity contribution in [3.63, 3.8) is 0 Å². The zero-order valence-corrected chi connectivity index (χ0v) is 11.3. The minimum absolute atomic E-state index is 0.0119. The first-order valence-electron chi connectivity index (χ1n) is 5.47. The van der Waals surface area contributed by atoms with Crippen molar-refractivity contribution >= 4 is 29.3 Å². The number of hydrogen-bond donors (Lipinski definition) is 1. The highest BCUT2D eigenvalue weighted by molar-refractivity contribution is 8.00. The molecule has 0 saturated heterocycles. The SMILES string of the molecule is O=C(O)[C@H](Sc1ccc(F)c(Cl)c1)c1ccccc1. The molecule has 0 bridgehead atoms. The molecule has 2 aromatic carbocycles. The second kappa shape index (κ2) is 6.08. The van der Waals surface area contributed by atoms with Crippen LogP contribution in [0.5, 0.6) is 0 Å². The molecule has 0 radical (unpaired) electrons. The maximum absolute atomic E-state index is 13.1. The van der Waals surface area contributed by atoms with Gasteiger partial charge in [0.25, 0.3) is 0 Å². The van der Waals surface area contributed by atoms with E-state index in [0.29, 0.717) is 10.5 Å². The van der Waals surface area contributed by atoms with Crippen molar-refractivity contribution in [1.82, 2.24) is 0 Å². The van der Waals surface area contributed by atoms with Gasteiger partial charge in [0.15, 0.2) is 0 Å². The summed E-state index contributed by atoms with van der Waals surface area (Å²) in [5, 5.41) is 8.52. The fourth-order valence-electron chi connectivity index (χ4n) is 1.58. The van der Waals surface area contributed by atoms with Crippen LogP contribution in [0.1, 0.15) is 10.8 Å². The van der Waals surface area contributed by atoms with Crippen molar-refractivity contribution < 1.29 is 14.3 Å². The largest absolute Gasteiger partial charge is 0.480 e. The molecule has 2 nitrogen and oxygen atoms in total. The van der Waals surface area contributed by atoms with Crippen LogP contribution in [0.25, 0.3) is 0 Å². The minimum Gasteiger partial charge on any atom is -0.480 e. The van der Waals surface area contributed by atoms with E-state index in [1.807, 2.05) is 6.07 Å². The Morgan fingerprint density at radius 2 is 1.89 bits per heavy atom. The van der Waals surface area contributed by atoms with Crippen molar-refractivity contribution in [2.45, 2.75) is 10.1 Å². The van der Waals surface area contributed by atoms with E-state index in [1.165, 1.54) is 18.2 Å². The fourth-order valence-corrected chi connectivity index (χ4v) is 2.82. The smallest absolute Gasteiger partial charge is 0.321 e. The molecule has 0 aliphatic carbocycles. The quantitative estimate of drug-likeness (QED) is 0.850. The van der Waals surface area contributed by atoms with Crippen LogP contribution in [-0.2, 0) is 4.79 Å². The zero-order valence-electron chi connectivity index (χ0n) is 9.72. The first kappa shape index (κ1) is 13.9. The Hall–Kier alpha value is -1.52. The molecule has 2 rings (SSSR count). The molecule has 0 aliphatic rings. The second-order valence-corrected chi connectivity index (χ2v) is 5.41. The maximum Gasteiger partial charge on any atom is 0.321 e. The summed E-state index contributed by atoms with van der Waals surface area (Å²) < 4.78 is 13.1. The number of rotatable bonds is 4. The molecular formula is C14H10ClFO2S. The van der Waals surface area contributed by atoms with Gasteiger partial charge in [0, 0.05) is 4.90 Å². The number of carboxylic acids is 1. The van der Waals surface area contributed by atoms with Crippen LogP contribution in [0.3, 0.4) is 0 Å². The normalized spacial score (nSPS) is 12.1. The summed E-state index contributed by atoms with van der Waals surface area (Å²) >= 11 is 6.81. The van der Waals surface area contributed by atoms with Gasteiger partial charge in [0.05, 0.1) is 5.02 Å². The van der Waals surface area contributed by atoms with Gasteiger partial charge in [0.1, 0.15) is 11.1 Å². The molecule has 19 heavy (non-hydrogen) atoms. The topological polar surface area (TPSA) is 37.3 Å². The Morgan fingerprint density at radius 1 is 1.21 bits per heavy atom. The molecule has 0 fully saturated rings. The van der Waals surface area contributed by atoms with Crippen LogP contribution in [0.4, 0.5) is 4.39 Å². The van der Waals surface area contributed by atoms with E-state index >= 15 is 0 Å². The third-order valence-electron chi connectivity index (χ3n) is 2.47. The predicted molar refractivity (Wildman–Crippen MR) is 74.1 cm³/mol. The predicted octanol–water partition coefficient (Wildman–Crippen LogP) is 4.40. The van der Waals surface area contributed by atoms with Gasteiger partial charge < -0.3 is 5.11 Å². The average molecular weight is 297 g/mol. The van der Waals surface area contributed by atoms with E-state index in [9.17, 15) is 14.3 Å². The third-order valence-corrected chi connectivity index (χ3v) is 4.00.